The van der Waals surface area contributed by atoms with Crippen LogP contribution in [0.5, 0.6) is 0 Å². The van der Waals surface area contributed by atoms with E-state index in [1.807, 2.05) is 13.0 Å². The van der Waals surface area contributed by atoms with Crippen LogP contribution in [0.1, 0.15) is 50.4 Å². The minimum absolute atomic E-state index is 0.393. The molecular formula is C13H21N3O. The molecule has 2 N–H and O–H groups in total. The van der Waals surface area contributed by atoms with Crippen molar-refractivity contribution in [3.8, 4) is 0 Å². The van der Waals surface area contributed by atoms with Crippen LogP contribution < -0.4 is 5.32 Å². The van der Waals surface area contributed by atoms with E-state index in [-0.39, 0.29) is 0 Å². The minimum Gasteiger partial charge on any atom is -0.388 e. The van der Waals surface area contributed by atoms with E-state index < -0.39 is 5.60 Å². The van der Waals surface area contributed by atoms with E-state index >= 15 is 0 Å². The lowest BCUT2D eigenvalue weighted by Crippen LogP contribution is -2.43. The van der Waals surface area contributed by atoms with Gasteiger partial charge in [-0.25, -0.2) is 9.97 Å². The number of hydrogen-bond donors (Lipinski definition) is 2. The number of nitrogens with zero attached hydrogens (tertiary/aromatic N) is 2. The molecule has 2 rings (SSSR count). The molecule has 1 aromatic rings. The first-order chi connectivity index (χ1) is 7.98. The Morgan fingerprint density at radius 1 is 1.41 bits per heavy atom. The van der Waals surface area contributed by atoms with Crippen LogP contribution in [0.2, 0.25) is 0 Å². The first-order valence-corrected chi connectivity index (χ1v) is 6.30. The Morgan fingerprint density at radius 3 is 2.65 bits per heavy atom. The zero-order chi connectivity index (χ0) is 12.5. The summed E-state index contributed by atoms with van der Waals surface area (Å²) in [5, 5.41) is 13.2. The summed E-state index contributed by atoms with van der Waals surface area (Å²) in [4.78, 5) is 8.81. The van der Waals surface area contributed by atoms with Gasteiger partial charge in [0.2, 0.25) is 5.95 Å². The Hall–Kier alpha value is -1.16. The molecule has 17 heavy (non-hydrogen) atoms. The molecule has 0 spiro atoms. The lowest BCUT2D eigenvalue weighted by molar-refractivity contribution is -0.0203. The van der Waals surface area contributed by atoms with E-state index in [1.54, 1.807) is 0 Å². The summed E-state index contributed by atoms with van der Waals surface area (Å²) in [6.07, 6.45) is 2.87. The third kappa shape index (κ3) is 2.94. The van der Waals surface area contributed by atoms with Gasteiger partial charge >= 0.3 is 0 Å². The molecule has 0 bridgehead atoms. The van der Waals surface area contributed by atoms with E-state index in [9.17, 15) is 5.11 Å². The highest BCUT2D eigenvalue weighted by atomic mass is 16.3. The van der Waals surface area contributed by atoms with Gasteiger partial charge in [0.15, 0.2) is 0 Å². The van der Waals surface area contributed by atoms with Crippen LogP contribution in [0.15, 0.2) is 6.07 Å². The van der Waals surface area contributed by atoms with Gasteiger partial charge in [-0.05, 0) is 38.2 Å². The van der Waals surface area contributed by atoms with Crippen molar-refractivity contribution < 1.29 is 5.11 Å². The van der Waals surface area contributed by atoms with Gasteiger partial charge < -0.3 is 10.4 Å². The van der Waals surface area contributed by atoms with Crippen molar-refractivity contribution in [2.24, 2.45) is 0 Å². The van der Waals surface area contributed by atoms with Gasteiger partial charge in [0.25, 0.3) is 0 Å². The fraction of sp³-hybridized carbons (Fsp3) is 0.692. The van der Waals surface area contributed by atoms with Gasteiger partial charge in [-0.2, -0.15) is 0 Å². The molecule has 1 aliphatic rings. The molecule has 0 unspecified atom stereocenters. The SMILES string of the molecule is Cc1cc(C(C)C)nc(NCC2(O)CCC2)n1. The summed E-state index contributed by atoms with van der Waals surface area (Å²) in [6, 6.07) is 2.01. The van der Waals surface area contributed by atoms with Crippen molar-refractivity contribution in [2.45, 2.75) is 51.6 Å². The van der Waals surface area contributed by atoms with Crippen LogP contribution in [-0.4, -0.2) is 27.2 Å². The second-order valence-electron chi connectivity index (χ2n) is 5.34. The second-order valence-corrected chi connectivity index (χ2v) is 5.34. The lowest BCUT2D eigenvalue weighted by atomic mass is 9.80. The predicted octanol–water partition coefficient (Wildman–Crippen LogP) is 2.24. The van der Waals surface area contributed by atoms with Crippen LogP contribution in [0.3, 0.4) is 0 Å². The zero-order valence-corrected chi connectivity index (χ0v) is 10.8. The summed E-state index contributed by atoms with van der Waals surface area (Å²) >= 11 is 0. The minimum atomic E-state index is -0.537. The summed E-state index contributed by atoms with van der Waals surface area (Å²) in [7, 11) is 0. The molecule has 4 heteroatoms. The first kappa shape index (κ1) is 12.3. The summed E-state index contributed by atoms with van der Waals surface area (Å²) < 4.78 is 0. The molecule has 1 fully saturated rings. The highest BCUT2D eigenvalue weighted by Crippen LogP contribution is 2.31. The smallest absolute Gasteiger partial charge is 0.223 e. The molecule has 0 saturated heterocycles. The highest BCUT2D eigenvalue weighted by molar-refractivity contribution is 5.30. The summed E-state index contributed by atoms with van der Waals surface area (Å²) in [6.45, 7) is 6.75. The van der Waals surface area contributed by atoms with Gasteiger partial charge in [0, 0.05) is 17.9 Å². The van der Waals surface area contributed by atoms with Crippen LogP contribution in [0.25, 0.3) is 0 Å². The maximum absolute atomic E-state index is 10.0. The average molecular weight is 235 g/mol. The molecule has 0 amide bonds. The van der Waals surface area contributed by atoms with Crippen molar-refractivity contribution in [2.75, 3.05) is 11.9 Å². The Bertz CT molecular complexity index is 400. The number of nitrogens with one attached hydrogen (secondary N) is 1. The molecule has 0 radical (unpaired) electrons. The first-order valence-electron chi connectivity index (χ1n) is 6.30. The van der Waals surface area contributed by atoms with Gasteiger partial charge in [-0.15, -0.1) is 0 Å². The van der Waals surface area contributed by atoms with Gasteiger partial charge in [0.1, 0.15) is 0 Å². The van der Waals surface area contributed by atoms with Gasteiger partial charge in [0.05, 0.1) is 5.60 Å². The summed E-state index contributed by atoms with van der Waals surface area (Å²) in [5.74, 6) is 1.03. The Labute approximate surface area is 102 Å². The molecule has 1 saturated carbocycles. The van der Waals surface area contributed by atoms with E-state index in [0.29, 0.717) is 18.4 Å². The second kappa shape index (κ2) is 4.61. The largest absolute Gasteiger partial charge is 0.388 e. The predicted molar refractivity (Wildman–Crippen MR) is 68.1 cm³/mol. The highest BCUT2D eigenvalue weighted by Gasteiger charge is 2.34. The number of hydrogen-bond acceptors (Lipinski definition) is 4. The zero-order valence-electron chi connectivity index (χ0n) is 10.8. The Balaban J connectivity index is 2.04. The van der Waals surface area contributed by atoms with E-state index in [0.717, 1.165) is 30.7 Å². The third-order valence-electron chi connectivity index (χ3n) is 3.33. The molecule has 4 nitrogen and oxygen atoms in total. The van der Waals surface area contributed by atoms with Crippen molar-refractivity contribution in [1.29, 1.82) is 0 Å². The molecular weight excluding hydrogens is 214 g/mol. The molecule has 1 aliphatic carbocycles. The molecule has 0 atom stereocenters. The van der Waals surface area contributed by atoms with Crippen molar-refractivity contribution in [1.82, 2.24) is 9.97 Å². The van der Waals surface area contributed by atoms with Crippen molar-refractivity contribution >= 4 is 5.95 Å². The summed E-state index contributed by atoms with van der Waals surface area (Å²) in [5.41, 5.74) is 1.47. The van der Waals surface area contributed by atoms with Gasteiger partial charge in [-0.3, -0.25) is 0 Å². The molecule has 1 aromatic heterocycles. The van der Waals surface area contributed by atoms with E-state index in [4.69, 9.17) is 0 Å². The number of aryl methyl sites for hydroxylation is 1. The van der Waals surface area contributed by atoms with Gasteiger partial charge in [-0.1, -0.05) is 13.8 Å². The number of aromatic nitrogens is 2. The molecule has 1 heterocycles. The average Bonchev–Trinajstić information content (AvgIpc) is 2.23. The topological polar surface area (TPSA) is 58.0 Å². The number of anilines is 1. The molecule has 0 aromatic carbocycles. The van der Waals surface area contributed by atoms with E-state index in [2.05, 4.69) is 29.1 Å². The van der Waals surface area contributed by atoms with Crippen LogP contribution >= 0.6 is 0 Å². The maximum Gasteiger partial charge on any atom is 0.223 e. The van der Waals surface area contributed by atoms with Crippen LogP contribution in [-0.2, 0) is 0 Å². The Morgan fingerprint density at radius 2 is 2.12 bits per heavy atom. The van der Waals surface area contributed by atoms with Crippen LogP contribution in [0.4, 0.5) is 5.95 Å². The van der Waals surface area contributed by atoms with Crippen molar-refractivity contribution in [3.63, 3.8) is 0 Å². The standard InChI is InChI=1S/C13H21N3O/c1-9(2)11-7-10(3)15-12(16-11)14-8-13(17)5-4-6-13/h7,9,17H,4-6,8H2,1-3H3,(H,14,15,16). The number of aliphatic hydroxyl groups is 1. The van der Waals surface area contributed by atoms with E-state index in [1.165, 1.54) is 0 Å². The quantitative estimate of drug-likeness (QED) is 0.840. The van der Waals surface area contributed by atoms with Crippen molar-refractivity contribution in [3.05, 3.63) is 17.5 Å². The molecule has 0 aliphatic heterocycles. The fourth-order valence-corrected chi connectivity index (χ4v) is 1.97. The fourth-order valence-electron chi connectivity index (χ4n) is 1.97. The Kier molecular flexibility index (Phi) is 3.33. The van der Waals surface area contributed by atoms with Crippen LogP contribution in [0, 0.1) is 6.92 Å². The lowest BCUT2D eigenvalue weighted by Gasteiger charge is -2.36. The maximum atomic E-state index is 10.0. The monoisotopic (exact) mass is 235 g/mol. The molecule has 94 valence electrons. The third-order valence-corrected chi connectivity index (χ3v) is 3.33. The normalized spacial score (nSPS) is 17.9. The number of rotatable bonds is 4.